The fourth-order valence-electron chi connectivity index (χ4n) is 4.85. The number of hydrogen-bond donors (Lipinski definition) is 2. The van der Waals surface area contributed by atoms with Crippen molar-refractivity contribution >= 4 is 5.97 Å². The summed E-state index contributed by atoms with van der Waals surface area (Å²) in [4.78, 5) is 11.4. The molecule has 160 valence electrons. The number of rotatable bonds is 10. The quantitative estimate of drug-likeness (QED) is 0.449. The second-order valence-electron chi connectivity index (χ2n) is 8.42. The van der Waals surface area contributed by atoms with Gasteiger partial charge in [0, 0.05) is 5.92 Å². The minimum atomic E-state index is -0.396. The zero-order valence-corrected chi connectivity index (χ0v) is 17.6. The van der Waals surface area contributed by atoms with Crippen LogP contribution in [0.3, 0.4) is 0 Å². The molecule has 1 aromatic carbocycles. The average Bonchev–Trinajstić information content (AvgIpc) is 3.02. The summed E-state index contributed by atoms with van der Waals surface area (Å²) >= 11 is 0. The van der Waals surface area contributed by atoms with Gasteiger partial charge >= 0.3 is 5.97 Å². The van der Waals surface area contributed by atoms with Crippen molar-refractivity contribution in [2.45, 2.75) is 64.4 Å². The number of aliphatic hydroxyl groups excluding tert-OH is 2. The Kier molecular flexibility index (Phi) is 7.59. The van der Waals surface area contributed by atoms with Gasteiger partial charge in [-0.2, -0.15) is 0 Å². The molecule has 3 rings (SSSR count). The van der Waals surface area contributed by atoms with Crippen molar-refractivity contribution in [3.63, 3.8) is 0 Å². The van der Waals surface area contributed by atoms with E-state index in [9.17, 15) is 15.0 Å². The van der Waals surface area contributed by atoms with Crippen LogP contribution < -0.4 is 4.74 Å². The molecule has 2 aliphatic carbocycles. The molecule has 4 atom stereocenters. The standard InChI is InChI=1S/C24H34O5/c1-3-4-5-8-18(25)10-11-19-20-12-16-7-6-9-23(29-15-24(27)28-2)21(16)13-17(20)14-22(19)26/h6-7,9,14,17-20,25-26H,3-5,8,10-13,15H2,1-2H3/t17-,18-,19+,20-/m0/s1. The molecule has 2 aliphatic rings. The fraction of sp³-hybridized carbons (Fsp3) is 0.625. The van der Waals surface area contributed by atoms with Crippen LogP contribution in [0.4, 0.5) is 0 Å². The number of carbonyl (C=O) groups excluding carboxylic acids is 1. The Bertz CT molecular complexity index is 726. The zero-order valence-electron chi connectivity index (χ0n) is 17.6. The predicted molar refractivity (Wildman–Crippen MR) is 112 cm³/mol. The van der Waals surface area contributed by atoms with Crippen molar-refractivity contribution < 1.29 is 24.5 Å². The maximum Gasteiger partial charge on any atom is 0.343 e. The number of fused-ring (bicyclic) bond motifs is 2. The summed E-state index contributed by atoms with van der Waals surface area (Å²) in [6.45, 7) is 2.07. The fourth-order valence-corrected chi connectivity index (χ4v) is 4.85. The Morgan fingerprint density at radius 2 is 2.07 bits per heavy atom. The first-order valence-electron chi connectivity index (χ1n) is 10.9. The second kappa shape index (κ2) is 10.1. The number of benzene rings is 1. The van der Waals surface area contributed by atoms with Crippen molar-refractivity contribution in [1.82, 2.24) is 0 Å². The van der Waals surface area contributed by atoms with E-state index in [2.05, 4.69) is 17.7 Å². The highest BCUT2D eigenvalue weighted by Crippen LogP contribution is 2.47. The number of allylic oxidation sites excluding steroid dienone is 2. The normalized spacial score (nSPS) is 23.7. The monoisotopic (exact) mass is 402 g/mol. The molecule has 0 saturated heterocycles. The third kappa shape index (κ3) is 5.33. The van der Waals surface area contributed by atoms with Gasteiger partial charge in [-0.05, 0) is 67.2 Å². The van der Waals surface area contributed by atoms with Gasteiger partial charge < -0.3 is 19.7 Å². The minimum absolute atomic E-state index is 0.0965. The topological polar surface area (TPSA) is 76.0 Å². The minimum Gasteiger partial charge on any atom is -0.512 e. The molecule has 0 aliphatic heterocycles. The van der Waals surface area contributed by atoms with Crippen LogP contribution in [0.25, 0.3) is 0 Å². The Morgan fingerprint density at radius 3 is 2.83 bits per heavy atom. The van der Waals surface area contributed by atoms with Crippen LogP contribution >= 0.6 is 0 Å². The molecule has 2 N–H and O–H groups in total. The Hall–Kier alpha value is -2.01. The molecule has 0 amide bonds. The maximum absolute atomic E-state index is 11.4. The number of ether oxygens (including phenoxy) is 2. The van der Waals surface area contributed by atoms with E-state index in [0.717, 1.165) is 62.7 Å². The van der Waals surface area contributed by atoms with Gasteiger partial charge in [0.15, 0.2) is 6.61 Å². The highest BCUT2D eigenvalue weighted by molar-refractivity contribution is 5.71. The average molecular weight is 403 g/mol. The van der Waals surface area contributed by atoms with Gasteiger partial charge in [-0.3, -0.25) is 0 Å². The number of aliphatic hydroxyl groups is 2. The van der Waals surface area contributed by atoms with Gasteiger partial charge in [-0.25, -0.2) is 4.79 Å². The van der Waals surface area contributed by atoms with Crippen LogP contribution in [0.15, 0.2) is 30.0 Å². The summed E-state index contributed by atoms with van der Waals surface area (Å²) in [5, 5.41) is 20.9. The van der Waals surface area contributed by atoms with E-state index in [4.69, 9.17) is 4.74 Å². The lowest BCUT2D eigenvalue weighted by Gasteiger charge is -2.32. The second-order valence-corrected chi connectivity index (χ2v) is 8.42. The van der Waals surface area contributed by atoms with E-state index in [0.29, 0.717) is 11.7 Å². The predicted octanol–water partition coefficient (Wildman–Crippen LogP) is 4.36. The van der Waals surface area contributed by atoms with E-state index >= 15 is 0 Å². The lowest BCUT2D eigenvalue weighted by atomic mass is 9.72. The third-order valence-corrected chi connectivity index (χ3v) is 6.48. The first kappa shape index (κ1) is 21.7. The third-order valence-electron chi connectivity index (χ3n) is 6.48. The van der Waals surface area contributed by atoms with Crippen molar-refractivity contribution in [1.29, 1.82) is 0 Å². The molecule has 29 heavy (non-hydrogen) atoms. The van der Waals surface area contributed by atoms with Crippen LogP contribution in [0.2, 0.25) is 0 Å². The molecule has 5 heteroatoms. The van der Waals surface area contributed by atoms with Crippen molar-refractivity contribution in [2.75, 3.05) is 13.7 Å². The van der Waals surface area contributed by atoms with Gasteiger partial charge in [0.1, 0.15) is 5.75 Å². The van der Waals surface area contributed by atoms with Crippen molar-refractivity contribution in [2.24, 2.45) is 17.8 Å². The summed E-state index contributed by atoms with van der Waals surface area (Å²) in [7, 11) is 1.35. The van der Waals surface area contributed by atoms with E-state index < -0.39 is 5.97 Å². The molecule has 0 fully saturated rings. The Morgan fingerprint density at radius 1 is 1.24 bits per heavy atom. The summed E-state index contributed by atoms with van der Waals surface area (Å²) in [5.74, 6) is 1.56. The van der Waals surface area contributed by atoms with Crippen LogP contribution in [-0.4, -0.2) is 36.0 Å². The smallest absolute Gasteiger partial charge is 0.343 e. The van der Waals surface area contributed by atoms with Gasteiger partial charge in [0.25, 0.3) is 0 Å². The molecular weight excluding hydrogens is 368 g/mol. The largest absolute Gasteiger partial charge is 0.512 e. The molecule has 0 heterocycles. The molecular formula is C24H34O5. The lowest BCUT2D eigenvalue weighted by molar-refractivity contribution is -0.142. The maximum atomic E-state index is 11.4. The summed E-state index contributed by atoms with van der Waals surface area (Å²) in [5.41, 5.74) is 2.35. The van der Waals surface area contributed by atoms with Gasteiger partial charge in [0.2, 0.25) is 0 Å². The van der Waals surface area contributed by atoms with Gasteiger partial charge in [0.05, 0.1) is 19.0 Å². The van der Waals surface area contributed by atoms with Crippen LogP contribution in [-0.2, 0) is 22.4 Å². The number of hydrogen-bond acceptors (Lipinski definition) is 5. The Labute approximate surface area is 173 Å². The van der Waals surface area contributed by atoms with Gasteiger partial charge in [-0.15, -0.1) is 0 Å². The number of unbranched alkanes of at least 4 members (excludes halogenated alkanes) is 2. The highest BCUT2D eigenvalue weighted by atomic mass is 16.6. The summed E-state index contributed by atoms with van der Waals surface area (Å²) in [6.07, 6.45) is 9.21. The zero-order chi connectivity index (χ0) is 20.8. The van der Waals surface area contributed by atoms with E-state index in [1.165, 1.54) is 12.7 Å². The number of carbonyl (C=O) groups is 1. The van der Waals surface area contributed by atoms with E-state index in [-0.39, 0.29) is 24.5 Å². The molecule has 1 aromatic rings. The number of esters is 1. The summed E-state index contributed by atoms with van der Waals surface area (Å²) < 4.78 is 10.4. The van der Waals surface area contributed by atoms with Crippen molar-refractivity contribution in [3.8, 4) is 5.75 Å². The van der Waals surface area contributed by atoms with Gasteiger partial charge in [-0.1, -0.05) is 38.3 Å². The molecule has 0 spiro atoms. The first-order chi connectivity index (χ1) is 14.0. The summed E-state index contributed by atoms with van der Waals surface area (Å²) in [6, 6.07) is 5.97. The molecule has 5 nitrogen and oxygen atoms in total. The van der Waals surface area contributed by atoms with Crippen LogP contribution in [0, 0.1) is 17.8 Å². The number of methoxy groups -OCH3 is 1. The van der Waals surface area contributed by atoms with E-state index in [1.807, 2.05) is 18.2 Å². The highest BCUT2D eigenvalue weighted by Gasteiger charge is 2.40. The molecule has 0 aromatic heterocycles. The van der Waals surface area contributed by atoms with Crippen LogP contribution in [0.1, 0.15) is 56.6 Å². The molecule has 0 unspecified atom stereocenters. The van der Waals surface area contributed by atoms with E-state index in [1.54, 1.807) is 0 Å². The van der Waals surface area contributed by atoms with Crippen molar-refractivity contribution in [3.05, 3.63) is 41.2 Å². The molecule has 0 saturated carbocycles. The molecule has 0 bridgehead atoms. The molecule has 0 radical (unpaired) electrons. The SMILES string of the molecule is CCCCC[C@H](O)CC[C@H]1C(O)=C[C@@H]2Cc3c(cccc3OCC(=O)OC)C[C@@H]21. The van der Waals surface area contributed by atoms with Crippen LogP contribution in [0.5, 0.6) is 5.75 Å². The first-order valence-corrected chi connectivity index (χ1v) is 10.9. The lowest BCUT2D eigenvalue weighted by Crippen LogP contribution is -2.28. The Balaban J connectivity index is 1.63.